The van der Waals surface area contributed by atoms with E-state index in [0.29, 0.717) is 12.5 Å². The molecular weight excluding hydrogens is 480 g/mol. The monoisotopic (exact) mass is 512 g/mol. The van der Waals surface area contributed by atoms with E-state index in [9.17, 15) is 4.79 Å². The van der Waals surface area contributed by atoms with Crippen LogP contribution in [-0.4, -0.2) is 19.2 Å². The molecule has 5 rings (SSSR count). The maximum absolute atomic E-state index is 13.0. The second kappa shape index (κ2) is 9.79. The van der Waals surface area contributed by atoms with Crippen LogP contribution in [0.3, 0.4) is 0 Å². The molecule has 2 heterocycles. The molecular formula is C28H33BrO4. The minimum Gasteiger partial charge on any atom is -0.489 e. The number of hydrogen-bond donors (Lipinski definition) is 0. The van der Waals surface area contributed by atoms with E-state index >= 15 is 0 Å². The van der Waals surface area contributed by atoms with Crippen LogP contribution in [0.25, 0.3) is 0 Å². The first-order valence-electron chi connectivity index (χ1n) is 12.3. The lowest BCUT2D eigenvalue weighted by atomic mass is 9.71. The molecule has 2 aromatic carbocycles. The molecule has 176 valence electrons. The Morgan fingerprint density at radius 3 is 2.82 bits per heavy atom. The van der Waals surface area contributed by atoms with E-state index in [2.05, 4.69) is 41.9 Å². The predicted molar refractivity (Wildman–Crippen MR) is 131 cm³/mol. The molecule has 2 aliphatic heterocycles. The molecule has 0 N–H and O–H groups in total. The maximum atomic E-state index is 13.0. The molecule has 1 aliphatic carbocycles. The first-order chi connectivity index (χ1) is 16.0. The number of rotatable bonds is 5. The lowest BCUT2D eigenvalue weighted by Gasteiger charge is -2.32. The van der Waals surface area contributed by atoms with Crippen molar-refractivity contribution in [1.29, 1.82) is 0 Å². The number of carbonyl (C=O) groups excluding carboxylic acids is 1. The van der Waals surface area contributed by atoms with E-state index in [0.717, 1.165) is 73.1 Å². The van der Waals surface area contributed by atoms with Crippen molar-refractivity contribution in [2.45, 2.75) is 65.1 Å². The summed E-state index contributed by atoms with van der Waals surface area (Å²) in [6, 6.07) is 10.3. The maximum Gasteiger partial charge on any atom is 0.310 e. The Labute approximate surface area is 205 Å². The number of carbonyl (C=O) groups is 1. The van der Waals surface area contributed by atoms with Gasteiger partial charge in [0.1, 0.15) is 18.5 Å². The zero-order valence-electron chi connectivity index (χ0n) is 19.6. The zero-order valence-corrected chi connectivity index (χ0v) is 21.2. The number of esters is 1. The molecule has 0 aromatic heterocycles. The van der Waals surface area contributed by atoms with Gasteiger partial charge in [0.15, 0.2) is 0 Å². The SMILES string of the molecule is Cc1cc(OCc2ccccc2Br)c(C)c2c1CC[C@H]1C(CC3CCCOCC3)C(=O)OC21. The summed E-state index contributed by atoms with van der Waals surface area (Å²) < 4.78 is 19.1. The molecule has 2 fully saturated rings. The molecule has 2 aromatic rings. The Hall–Kier alpha value is -1.85. The van der Waals surface area contributed by atoms with Crippen LogP contribution in [0, 0.1) is 31.6 Å². The van der Waals surface area contributed by atoms with Crippen LogP contribution < -0.4 is 4.74 Å². The van der Waals surface area contributed by atoms with Crippen molar-refractivity contribution >= 4 is 21.9 Å². The highest BCUT2D eigenvalue weighted by Crippen LogP contribution is 2.51. The smallest absolute Gasteiger partial charge is 0.310 e. The average Bonchev–Trinajstić information content (AvgIpc) is 2.96. The molecule has 4 nitrogen and oxygen atoms in total. The average molecular weight is 513 g/mol. The van der Waals surface area contributed by atoms with Crippen LogP contribution in [0.4, 0.5) is 0 Å². The third-order valence-electron chi connectivity index (χ3n) is 7.89. The summed E-state index contributed by atoms with van der Waals surface area (Å²) in [6.07, 6.45) is 6.14. The first-order valence-corrected chi connectivity index (χ1v) is 13.1. The van der Waals surface area contributed by atoms with Crippen molar-refractivity contribution in [3.63, 3.8) is 0 Å². The predicted octanol–water partition coefficient (Wildman–Crippen LogP) is 6.63. The van der Waals surface area contributed by atoms with Gasteiger partial charge in [-0.3, -0.25) is 4.79 Å². The van der Waals surface area contributed by atoms with Crippen LogP contribution in [0.5, 0.6) is 5.75 Å². The molecule has 0 spiro atoms. The van der Waals surface area contributed by atoms with Gasteiger partial charge < -0.3 is 14.2 Å². The van der Waals surface area contributed by atoms with E-state index in [1.165, 1.54) is 16.7 Å². The van der Waals surface area contributed by atoms with Gasteiger partial charge in [-0.2, -0.15) is 0 Å². The van der Waals surface area contributed by atoms with Crippen molar-refractivity contribution in [3.05, 3.63) is 62.6 Å². The topological polar surface area (TPSA) is 44.8 Å². The Balaban J connectivity index is 1.39. The summed E-state index contributed by atoms with van der Waals surface area (Å²) in [5, 5.41) is 0. The first kappa shape index (κ1) is 22.9. The van der Waals surface area contributed by atoms with Crippen molar-refractivity contribution in [1.82, 2.24) is 0 Å². The molecule has 0 amide bonds. The molecule has 0 saturated carbocycles. The van der Waals surface area contributed by atoms with Gasteiger partial charge in [0.05, 0.1) is 5.92 Å². The highest BCUT2D eigenvalue weighted by atomic mass is 79.9. The fourth-order valence-corrected chi connectivity index (χ4v) is 6.46. The normalized spacial score (nSPS) is 26.8. The van der Waals surface area contributed by atoms with Crippen LogP contribution in [0.15, 0.2) is 34.8 Å². The Bertz CT molecular complexity index is 1020. The van der Waals surface area contributed by atoms with Gasteiger partial charge in [-0.05, 0) is 87.1 Å². The Kier molecular flexibility index (Phi) is 6.80. The van der Waals surface area contributed by atoms with E-state index in [1.54, 1.807) is 0 Å². The lowest BCUT2D eigenvalue weighted by molar-refractivity contribution is -0.145. The summed E-state index contributed by atoms with van der Waals surface area (Å²) in [5.41, 5.74) is 6.02. The van der Waals surface area contributed by atoms with Crippen molar-refractivity contribution in [2.24, 2.45) is 17.8 Å². The summed E-state index contributed by atoms with van der Waals surface area (Å²) in [5.74, 6) is 1.73. The summed E-state index contributed by atoms with van der Waals surface area (Å²) in [6.45, 7) is 6.45. The van der Waals surface area contributed by atoms with Crippen LogP contribution >= 0.6 is 15.9 Å². The molecule has 2 saturated heterocycles. The molecule has 0 bridgehead atoms. The number of fused-ring (bicyclic) bond motifs is 3. The van der Waals surface area contributed by atoms with Gasteiger partial charge >= 0.3 is 5.97 Å². The molecule has 5 heteroatoms. The van der Waals surface area contributed by atoms with E-state index in [-0.39, 0.29) is 23.9 Å². The zero-order chi connectivity index (χ0) is 22.9. The number of hydrogen-bond acceptors (Lipinski definition) is 4. The van der Waals surface area contributed by atoms with Crippen molar-refractivity contribution in [3.8, 4) is 5.75 Å². The fourth-order valence-electron chi connectivity index (χ4n) is 6.06. The lowest BCUT2D eigenvalue weighted by Crippen LogP contribution is -2.25. The third-order valence-corrected chi connectivity index (χ3v) is 8.66. The molecule has 4 atom stereocenters. The standard InChI is InChI=1S/C28H33BrO4/c1-17-14-25(32-16-20-7-3-4-8-24(20)29)18(2)26-21(17)9-10-22-23(28(30)33-27(22)26)15-19-6-5-12-31-13-11-19/h3-4,7-8,14,19,22-23,27H,5-6,9-13,15-16H2,1-2H3/t19?,22-,23?,27?/m0/s1. The number of ether oxygens (including phenoxy) is 3. The van der Waals surface area contributed by atoms with Gasteiger partial charge in [0.2, 0.25) is 0 Å². The highest BCUT2D eigenvalue weighted by molar-refractivity contribution is 9.10. The largest absolute Gasteiger partial charge is 0.489 e. The van der Waals surface area contributed by atoms with E-state index < -0.39 is 0 Å². The number of benzene rings is 2. The Morgan fingerprint density at radius 1 is 1.12 bits per heavy atom. The summed E-state index contributed by atoms with van der Waals surface area (Å²) >= 11 is 3.61. The molecule has 3 aliphatic rings. The van der Waals surface area contributed by atoms with Crippen LogP contribution in [0.2, 0.25) is 0 Å². The van der Waals surface area contributed by atoms with Gasteiger partial charge in [0, 0.05) is 34.7 Å². The van der Waals surface area contributed by atoms with E-state index in [1.807, 2.05) is 18.2 Å². The fraction of sp³-hybridized carbons (Fsp3) is 0.536. The number of halogens is 1. The van der Waals surface area contributed by atoms with Crippen LogP contribution in [0.1, 0.15) is 66.0 Å². The quantitative estimate of drug-likeness (QED) is 0.421. The second-order valence-corrected chi connectivity index (χ2v) is 10.8. The minimum absolute atomic E-state index is 0.000365. The minimum atomic E-state index is -0.140. The Morgan fingerprint density at radius 2 is 1.97 bits per heavy atom. The second-order valence-electron chi connectivity index (χ2n) is 9.90. The van der Waals surface area contributed by atoms with Crippen molar-refractivity contribution < 1.29 is 19.0 Å². The van der Waals surface area contributed by atoms with E-state index in [4.69, 9.17) is 14.2 Å². The van der Waals surface area contributed by atoms with Gasteiger partial charge in [-0.25, -0.2) is 0 Å². The molecule has 33 heavy (non-hydrogen) atoms. The van der Waals surface area contributed by atoms with Crippen LogP contribution in [-0.2, 0) is 27.3 Å². The summed E-state index contributed by atoms with van der Waals surface area (Å²) in [4.78, 5) is 13.0. The molecule has 0 radical (unpaired) electrons. The highest BCUT2D eigenvalue weighted by Gasteiger charge is 2.49. The van der Waals surface area contributed by atoms with Gasteiger partial charge in [-0.1, -0.05) is 34.1 Å². The molecule has 3 unspecified atom stereocenters. The van der Waals surface area contributed by atoms with Crippen molar-refractivity contribution in [2.75, 3.05) is 13.2 Å². The third kappa shape index (κ3) is 4.59. The summed E-state index contributed by atoms with van der Waals surface area (Å²) in [7, 11) is 0. The van der Waals surface area contributed by atoms with Gasteiger partial charge in [-0.15, -0.1) is 0 Å². The van der Waals surface area contributed by atoms with Gasteiger partial charge in [0.25, 0.3) is 0 Å². The number of aryl methyl sites for hydroxylation is 1.